The molecule has 1 aliphatic heterocycles. The van der Waals surface area contributed by atoms with Crippen molar-refractivity contribution in [3.63, 3.8) is 0 Å². The molecular weight excluding hydrogens is 269 g/mol. The van der Waals surface area contributed by atoms with E-state index in [0.29, 0.717) is 24.7 Å². The lowest BCUT2D eigenvalue weighted by molar-refractivity contribution is -0.118. The SMILES string of the molecule is CCC1CCCN(CC(=O)Nc2cccc(F)c2)C1CN. The van der Waals surface area contributed by atoms with E-state index in [1.54, 1.807) is 12.1 Å². The monoisotopic (exact) mass is 293 g/mol. The molecule has 1 aromatic carbocycles. The van der Waals surface area contributed by atoms with Crippen molar-refractivity contribution >= 4 is 11.6 Å². The van der Waals surface area contributed by atoms with E-state index in [0.717, 1.165) is 19.4 Å². The highest BCUT2D eigenvalue weighted by atomic mass is 19.1. The summed E-state index contributed by atoms with van der Waals surface area (Å²) >= 11 is 0. The number of nitrogens with two attached hydrogens (primary N) is 1. The van der Waals surface area contributed by atoms with Gasteiger partial charge in [-0.25, -0.2) is 4.39 Å². The maximum absolute atomic E-state index is 13.1. The standard InChI is InChI=1S/C16H24FN3O/c1-2-12-5-4-8-20(15(12)10-18)11-16(21)19-14-7-3-6-13(17)9-14/h3,6-7,9,12,15H,2,4-5,8,10-11,18H2,1H3,(H,19,21). The van der Waals surface area contributed by atoms with Crippen LogP contribution in [0.3, 0.4) is 0 Å². The summed E-state index contributed by atoms with van der Waals surface area (Å²) in [6, 6.07) is 6.22. The number of nitrogens with one attached hydrogen (secondary N) is 1. The number of piperidine rings is 1. The predicted molar refractivity (Wildman–Crippen MR) is 82.5 cm³/mol. The third-order valence-electron chi connectivity index (χ3n) is 4.25. The zero-order valence-corrected chi connectivity index (χ0v) is 12.5. The fourth-order valence-electron chi connectivity index (χ4n) is 3.18. The number of likely N-dealkylation sites (tertiary alicyclic amines) is 1. The summed E-state index contributed by atoms with van der Waals surface area (Å²) in [6.07, 6.45) is 3.37. The maximum atomic E-state index is 13.1. The van der Waals surface area contributed by atoms with Crippen LogP contribution in [0.5, 0.6) is 0 Å². The zero-order valence-electron chi connectivity index (χ0n) is 12.5. The maximum Gasteiger partial charge on any atom is 0.238 e. The van der Waals surface area contributed by atoms with E-state index < -0.39 is 0 Å². The first-order valence-electron chi connectivity index (χ1n) is 7.63. The number of nitrogens with zero attached hydrogens (tertiary/aromatic N) is 1. The Morgan fingerprint density at radius 1 is 1.52 bits per heavy atom. The second-order valence-electron chi connectivity index (χ2n) is 5.64. The number of anilines is 1. The molecule has 21 heavy (non-hydrogen) atoms. The lowest BCUT2D eigenvalue weighted by Crippen LogP contribution is -2.51. The normalized spacial score (nSPS) is 23.0. The number of benzene rings is 1. The first-order valence-corrected chi connectivity index (χ1v) is 7.63. The van der Waals surface area contributed by atoms with Gasteiger partial charge in [0.2, 0.25) is 5.91 Å². The highest BCUT2D eigenvalue weighted by Crippen LogP contribution is 2.25. The zero-order chi connectivity index (χ0) is 15.2. The van der Waals surface area contributed by atoms with Crippen LogP contribution in [0.15, 0.2) is 24.3 Å². The van der Waals surface area contributed by atoms with Crippen LogP contribution >= 0.6 is 0 Å². The molecule has 2 rings (SSSR count). The summed E-state index contributed by atoms with van der Waals surface area (Å²) in [6.45, 7) is 3.96. The molecule has 4 nitrogen and oxygen atoms in total. The van der Waals surface area contributed by atoms with E-state index in [1.165, 1.54) is 18.6 Å². The number of rotatable bonds is 5. The number of halogens is 1. The smallest absolute Gasteiger partial charge is 0.238 e. The van der Waals surface area contributed by atoms with Crippen LogP contribution < -0.4 is 11.1 Å². The van der Waals surface area contributed by atoms with Gasteiger partial charge >= 0.3 is 0 Å². The third-order valence-corrected chi connectivity index (χ3v) is 4.25. The first kappa shape index (κ1) is 15.9. The van der Waals surface area contributed by atoms with Crippen molar-refractivity contribution in [2.75, 3.05) is 25.0 Å². The molecule has 1 amide bonds. The minimum atomic E-state index is -0.350. The fraction of sp³-hybridized carbons (Fsp3) is 0.562. The number of carbonyl (C=O) groups excluding carboxylic acids is 1. The van der Waals surface area contributed by atoms with Gasteiger partial charge in [0.25, 0.3) is 0 Å². The molecule has 0 aliphatic carbocycles. The molecule has 2 unspecified atom stereocenters. The molecular formula is C16H24FN3O. The largest absolute Gasteiger partial charge is 0.329 e. The van der Waals surface area contributed by atoms with Crippen LogP contribution in [0.1, 0.15) is 26.2 Å². The van der Waals surface area contributed by atoms with Crippen molar-refractivity contribution in [2.24, 2.45) is 11.7 Å². The lowest BCUT2D eigenvalue weighted by atomic mass is 9.87. The molecule has 2 atom stereocenters. The van der Waals surface area contributed by atoms with Gasteiger partial charge in [0.15, 0.2) is 0 Å². The van der Waals surface area contributed by atoms with Crippen LogP contribution in [0, 0.1) is 11.7 Å². The van der Waals surface area contributed by atoms with Crippen molar-refractivity contribution in [3.8, 4) is 0 Å². The minimum absolute atomic E-state index is 0.115. The van der Waals surface area contributed by atoms with Crippen molar-refractivity contribution in [3.05, 3.63) is 30.1 Å². The van der Waals surface area contributed by atoms with Gasteiger partial charge in [-0.3, -0.25) is 9.69 Å². The van der Waals surface area contributed by atoms with Gasteiger partial charge in [0.05, 0.1) is 6.54 Å². The van der Waals surface area contributed by atoms with Crippen LogP contribution in [-0.2, 0) is 4.79 Å². The third kappa shape index (κ3) is 4.25. The second kappa shape index (κ2) is 7.52. The lowest BCUT2D eigenvalue weighted by Gasteiger charge is -2.40. The van der Waals surface area contributed by atoms with E-state index in [4.69, 9.17) is 5.73 Å². The molecule has 116 valence electrons. The van der Waals surface area contributed by atoms with E-state index in [1.807, 2.05) is 0 Å². The number of hydrogen-bond donors (Lipinski definition) is 2. The molecule has 1 saturated heterocycles. The van der Waals surface area contributed by atoms with E-state index in [9.17, 15) is 9.18 Å². The van der Waals surface area contributed by atoms with Crippen LogP contribution in [-0.4, -0.2) is 36.5 Å². The predicted octanol–water partition coefficient (Wildman–Crippen LogP) is 2.21. The summed E-state index contributed by atoms with van der Waals surface area (Å²) in [4.78, 5) is 14.3. The average Bonchev–Trinajstić information content (AvgIpc) is 2.46. The summed E-state index contributed by atoms with van der Waals surface area (Å²) in [5, 5.41) is 2.75. The quantitative estimate of drug-likeness (QED) is 0.875. The van der Waals surface area contributed by atoms with Gasteiger partial charge < -0.3 is 11.1 Å². The van der Waals surface area contributed by atoms with Crippen molar-refractivity contribution < 1.29 is 9.18 Å². The topological polar surface area (TPSA) is 58.4 Å². The van der Waals surface area contributed by atoms with Crippen molar-refractivity contribution in [1.29, 1.82) is 0 Å². The Bertz CT molecular complexity index is 480. The minimum Gasteiger partial charge on any atom is -0.329 e. The van der Waals surface area contributed by atoms with Crippen LogP contribution in [0.2, 0.25) is 0 Å². The Morgan fingerprint density at radius 3 is 3.00 bits per heavy atom. The second-order valence-corrected chi connectivity index (χ2v) is 5.64. The Morgan fingerprint density at radius 2 is 2.33 bits per heavy atom. The highest BCUT2D eigenvalue weighted by molar-refractivity contribution is 5.92. The molecule has 0 bridgehead atoms. The average molecular weight is 293 g/mol. The molecule has 1 aromatic rings. The van der Waals surface area contributed by atoms with E-state index in [-0.39, 0.29) is 17.8 Å². The Hall–Kier alpha value is -1.46. The number of amides is 1. The fourth-order valence-corrected chi connectivity index (χ4v) is 3.18. The highest BCUT2D eigenvalue weighted by Gasteiger charge is 2.30. The summed E-state index contributed by atoms with van der Waals surface area (Å²) in [5.41, 5.74) is 6.38. The Labute approximate surface area is 125 Å². The molecule has 1 fully saturated rings. The molecule has 0 aromatic heterocycles. The summed E-state index contributed by atoms with van der Waals surface area (Å²) < 4.78 is 13.1. The molecule has 5 heteroatoms. The number of carbonyl (C=O) groups is 1. The van der Waals surface area contributed by atoms with E-state index >= 15 is 0 Å². The van der Waals surface area contributed by atoms with Gasteiger partial charge in [-0.15, -0.1) is 0 Å². The van der Waals surface area contributed by atoms with Crippen LogP contribution in [0.4, 0.5) is 10.1 Å². The van der Waals surface area contributed by atoms with Gasteiger partial charge in [0, 0.05) is 18.3 Å². The molecule has 1 heterocycles. The van der Waals surface area contributed by atoms with Crippen molar-refractivity contribution in [2.45, 2.75) is 32.2 Å². The Kier molecular flexibility index (Phi) is 5.70. The molecule has 0 spiro atoms. The van der Waals surface area contributed by atoms with E-state index in [2.05, 4.69) is 17.1 Å². The van der Waals surface area contributed by atoms with Gasteiger partial charge in [-0.1, -0.05) is 19.4 Å². The Balaban J connectivity index is 1.94. The molecule has 0 radical (unpaired) electrons. The van der Waals surface area contributed by atoms with Gasteiger partial charge in [-0.05, 0) is 43.5 Å². The first-order chi connectivity index (χ1) is 10.1. The van der Waals surface area contributed by atoms with Crippen molar-refractivity contribution in [1.82, 2.24) is 4.90 Å². The van der Waals surface area contributed by atoms with Crippen LogP contribution in [0.25, 0.3) is 0 Å². The molecule has 3 N–H and O–H groups in total. The molecule has 1 aliphatic rings. The van der Waals surface area contributed by atoms with Gasteiger partial charge in [0.1, 0.15) is 5.82 Å². The summed E-state index contributed by atoms with van der Waals surface area (Å²) in [5.74, 6) is 0.0955. The van der Waals surface area contributed by atoms with Gasteiger partial charge in [-0.2, -0.15) is 0 Å². The molecule has 0 saturated carbocycles. The number of hydrogen-bond acceptors (Lipinski definition) is 3. The summed E-state index contributed by atoms with van der Waals surface area (Å²) in [7, 11) is 0.